The van der Waals surface area contributed by atoms with Crippen LogP contribution in [0.2, 0.25) is 0 Å². The Balaban J connectivity index is 1.43. The molecule has 166 valence electrons. The van der Waals surface area contributed by atoms with Crippen molar-refractivity contribution in [3.63, 3.8) is 0 Å². The number of carbonyl (C=O) groups excluding carboxylic acids is 2. The number of benzene rings is 1. The molecule has 3 N–H and O–H groups in total. The Morgan fingerprint density at radius 1 is 1.17 bits per heavy atom. The van der Waals surface area contributed by atoms with E-state index < -0.39 is 6.10 Å². The summed E-state index contributed by atoms with van der Waals surface area (Å²) in [6, 6.07) is 9.47. The molecule has 0 spiro atoms. The number of carbonyl (C=O) groups is 2. The van der Waals surface area contributed by atoms with Crippen LogP contribution in [0.4, 0.5) is 0 Å². The van der Waals surface area contributed by atoms with Crippen LogP contribution in [0.3, 0.4) is 0 Å². The zero-order chi connectivity index (χ0) is 21.3. The summed E-state index contributed by atoms with van der Waals surface area (Å²) in [6.07, 6.45) is 0.801. The lowest BCUT2D eigenvalue weighted by atomic mass is 9.96. The van der Waals surface area contributed by atoms with E-state index in [0.29, 0.717) is 32.6 Å². The first kappa shape index (κ1) is 22.7. The molecule has 2 saturated heterocycles. The van der Waals surface area contributed by atoms with Crippen LogP contribution < -0.4 is 10.6 Å². The van der Waals surface area contributed by atoms with Crippen LogP contribution in [-0.4, -0.2) is 79.5 Å². The molecule has 8 heteroatoms. The predicted molar refractivity (Wildman–Crippen MR) is 112 cm³/mol. The van der Waals surface area contributed by atoms with Gasteiger partial charge in [-0.1, -0.05) is 30.3 Å². The molecule has 2 aliphatic heterocycles. The second kappa shape index (κ2) is 11.4. The molecule has 2 aliphatic rings. The first-order valence-electron chi connectivity index (χ1n) is 10.7. The van der Waals surface area contributed by atoms with Crippen molar-refractivity contribution >= 4 is 11.8 Å². The molecule has 30 heavy (non-hydrogen) atoms. The fourth-order valence-corrected chi connectivity index (χ4v) is 3.99. The summed E-state index contributed by atoms with van der Waals surface area (Å²) < 4.78 is 11.2. The van der Waals surface area contributed by atoms with Crippen molar-refractivity contribution in [1.82, 2.24) is 15.5 Å². The Hall–Kier alpha value is -2.00. The van der Waals surface area contributed by atoms with Crippen LogP contribution in [0, 0.1) is 0 Å². The number of nitrogens with one attached hydrogen (secondary N) is 2. The standard InChI is InChI=1S/C22H33N3O5/c1-16(17-5-3-2-4-6-17)23-21(27)13-18-7-8-19(20(15-26)30-18)24-22(28)14-25-9-11-29-12-10-25/h2-6,16,18-20,26H,7-15H2,1H3,(H,23,27)(H,24,28)/t16-,18-,19+,20-/m1/s1. The summed E-state index contributed by atoms with van der Waals surface area (Å²) >= 11 is 0. The van der Waals surface area contributed by atoms with Crippen molar-refractivity contribution in [3.8, 4) is 0 Å². The zero-order valence-electron chi connectivity index (χ0n) is 17.6. The summed E-state index contributed by atoms with van der Waals surface area (Å²) in [5, 5.41) is 15.7. The second-order valence-electron chi connectivity index (χ2n) is 8.02. The minimum Gasteiger partial charge on any atom is -0.394 e. The molecule has 2 fully saturated rings. The number of amides is 2. The molecular weight excluding hydrogens is 386 g/mol. The number of aliphatic hydroxyl groups excluding tert-OH is 1. The van der Waals surface area contributed by atoms with Crippen LogP contribution in [0.1, 0.15) is 37.8 Å². The van der Waals surface area contributed by atoms with E-state index in [1.54, 1.807) is 0 Å². The van der Waals surface area contributed by atoms with Gasteiger partial charge in [-0.25, -0.2) is 0 Å². The number of aliphatic hydroxyl groups is 1. The van der Waals surface area contributed by atoms with Crippen LogP contribution in [0.25, 0.3) is 0 Å². The maximum Gasteiger partial charge on any atom is 0.234 e. The molecule has 4 atom stereocenters. The molecule has 2 amide bonds. The van der Waals surface area contributed by atoms with E-state index in [2.05, 4.69) is 15.5 Å². The van der Waals surface area contributed by atoms with Crippen molar-refractivity contribution in [3.05, 3.63) is 35.9 Å². The van der Waals surface area contributed by atoms with Gasteiger partial charge in [-0.2, -0.15) is 0 Å². The molecule has 0 aromatic heterocycles. The fraction of sp³-hybridized carbons (Fsp3) is 0.636. The number of hydrogen-bond acceptors (Lipinski definition) is 6. The molecule has 1 aromatic rings. The van der Waals surface area contributed by atoms with Crippen molar-refractivity contribution in [1.29, 1.82) is 0 Å². The largest absolute Gasteiger partial charge is 0.394 e. The smallest absolute Gasteiger partial charge is 0.234 e. The molecule has 0 unspecified atom stereocenters. The van der Waals surface area contributed by atoms with Crippen LogP contribution in [0.15, 0.2) is 30.3 Å². The highest BCUT2D eigenvalue weighted by molar-refractivity contribution is 5.78. The minimum absolute atomic E-state index is 0.0724. The summed E-state index contributed by atoms with van der Waals surface area (Å²) in [5.74, 6) is -0.153. The fourth-order valence-electron chi connectivity index (χ4n) is 3.99. The highest BCUT2D eigenvalue weighted by Gasteiger charge is 2.33. The summed E-state index contributed by atoms with van der Waals surface area (Å²) in [4.78, 5) is 26.8. The second-order valence-corrected chi connectivity index (χ2v) is 8.02. The monoisotopic (exact) mass is 419 g/mol. The highest BCUT2D eigenvalue weighted by Crippen LogP contribution is 2.22. The van der Waals surface area contributed by atoms with Gasteiger partial charge in [0.15, 0.2) is 0 Å². The molecule has 0 saturated carbocycles. The van der Waals surface area contributed by atoms with Crippen molar-refractivity contribution in [2.24, 2.45) is 0 Å². The van der Waals surface area contributed by atoms with Crippen LogP contribution in [0.5, 0.6) is 0 Å². The van der Waals surface area contributed by atoms with E-state index in [1.807, 2.05) is 37.3 Å². The molecule has 1 aromatic carbocycles. The molecule has 2 heterocycles. The Kier molecular flexibility index (Phi) is 8.62. The molecule has 3 rings (SSSR count). The third-order valence-corrected chi connectivity index (χ3v) is 5.70. The first-order chi connectivity index (χ1) is 14.5. The van der Waals surface area contributed by atoms with E-state index in [9.17, 15) is 14.7 Å². The summed E-state index contributed by atoms with van der Waals surface area (Å²) in [7, 11) is 0. The average Bonchev–Trinajstić information content (AvgIpc) is 2.76. The lowest BCUT2D eigenvalue weighted by molar-refractivity contribution is -0.137. The van der Waals surface area contributed by atoms with Gasteiger partial charge in [0.2, 0.25) is 11.8 Å². The molecular formula is C22H33N3O5. The van der Waals surface area contributed by atoms with Crippen molar-refractivity contribution in [2.45, 2.75) is 50.5 Å². The summed E-state index contributed by atoms with van der Waals surface area (Å²) in [6.45, 7) is 4.86. The Morgan fingerprint density at radius 2 is 1.90 bits per heavy atom. The Labute approximate surface area is 177 Å². The molecule has 0 bridgehead atoms. The average molecular weight is 420 g/mol. The quantitative estimate of drug-likeness (QED) is 0.571. The van der Waals surface area contributed by atoms with Gasteiger partial charge in [0.1, 0.15) is 6.10 Å². The minimum atomic E-state index is -0.503. The van der Waals surface area contributed by atoms with E-state index in [-0.39, 0.29) is 43.0 Å². The first-order valence-corrected chi connectivity index (χ1v) is 10.7. The maximum absolute atomic E-state index is 12.4. The third-order valence-electron chi connectivity index (χ3n) is 5.70. The van der Waals surface area contributed by atoms with E-state index >= 15 is 0 Å². The number of morpholine rings is 1. The van der Waals surface area contributed by atoms with Gasteiger partial charge in [0, 0.05) is 13.1 Å². The summed E-state index contributed by atoms with van der Waals surface area (Å²) in [5.41, 5.74) is 1.05. The molecule has 0 aliphatic carbocycles. The lowest BCUT2D eigenvalue weighted by Gasteiger charge is -2.36. The van der Waals surface area contributed by atoms with Crippen LogP contribution >= 0.6 is 0 Å². The van der Waals surface area contributed by atoms with Gasteiger partial charge in [-0.05, 0) is 25.3 Å². The van der Waals surface area contributed by atoms with Gasteiger partial charge >= 0.3 is 0 Å². The molecule has 8 nitrogen and oxygen atoms in total. The molecule has 0 radical (unpaired) electrons. The van der Waals surface area contributed by atoms with Gasteiger partial charge in [0.05, 0.1) is 51.0 Å². The topological polar surface area (TPSA) is 100 Å². The normalized spacial score (nSPS) is 26.0. The Morgan fingerprint density at radius 3 is 2.60 bits per heavy atom. The SMILES string of the molecule is C[C@@H](NC(=O)C[C@H]1CC[C@H](NC(=O)CN2CCOCC2)[C@@H](CO)O1)c1ccccc1. The van der Waals surface area contributed by atoms with Gasteiger partial charge in [0.25, 0.3) is 0 Å². The van der Waals surface area contributed by atoms with E-state index in [1.165, 1.54) is 0 Å². The number of nitrogens with zero attached hydrogens (tertiary/aromatic N) is 1. The van der Waals surface area contributed by atoms with Crippen molar-refractivity contribution < 1.29 is 24.2 Å². The Bertz CT molecular complexity index is 681. The van der Waals surface area contributed by atoms with Gasteiger partial charge < -0.3 is 25.2 Å². The van der Waals surface area contributed by atoms with Crippen LogP contribution in [-0.2, 0) is 19.1 Å². The zero-order valence-corrected chi connectivity index (χ0v) is 17.6. The van der Waals surface area contributed by atoms with Gasteiger partial charge in [-0.15, -0.1) is 0 Å². The predicted octanol–water partition coefficient (Wildman–Crippen LogP) is 0.611. The van der Waals surface area contributed by atoms with E-state index in [0.717, 1.165) is 18.7 Å². The number of hydrogen-bond donors (Lipinski definition) is 3. The number of ether oxygens (including phenoxy) is 2. The lowest BCUT2D eigenvalue weighted by Crippen LogP contribution is -2.53. The van der Waals surface area contributed by atoms with Gasteiger partial charge in [-0.3, -0.25) is 14.5 Å². The third kappa shape index (κ3) is 6.77. The van der Waals surface area contributed by atoms with E-state index in [4.69, 9.17) is 9.47 Å². The highest BCUT2D eigenvalue weighted by atomic mass is 16.5. The maximum atomic E-state index is 12.4. The number of rotatable bonds is 8. The van der Waals surface area contributed by atoms with Crippen molar-refractivity contribution in [2.75, 3.05) is 39.5 Å².